The van der Waals surface area contributed by atoms with Gasteiger partial charge in [0.15, 0.2) is 0 Å². The number of aryl methyl sites for hydroxylation is 1. The Bertz CT molecular complexity index is 388. The highest BCUT2D eigenvalue weighted by Gasteiger charge is 2.01. The molecule has 0 saturated carbocycles. The maximum atomic E-state index is 11.2. The number of hydrogen-bond acceptors (Lipinski definition) is 3. The third kappa shape index (κ3) is 2.85. The minimum atomic E-state index is -0.256. The van der Waals surface area contributed by atoms with E-state index in [1.54, 1.807) is 7.05 Å². The first kappa shape index (κ1) is 10.7. The molecule has 1 aromatic rings. The zero-order valence-electron chi connectivity index (χ0n) is 7.66. The van der Waals surface area contributed by atoms with E-state index in [1.165, 1.54) is 17.0 Å². The first-order chi connectivity index (χ1) is 6.63. The van der Waals surface area contributed by atoms with Crippen LogP contribution in [-0.2, 0) is 11.3 Å². The molecule has 0 saturated heterocycles. The second kappa shape index (κ2) is 4.76. The van der Waals surface area contributed by atoms with E-state index in [0.29, 0.717) is 6.54 Å². The van der Waals surface area contributed by atoms with Crippen LogP contribution in [0.3, 0.4) is 0 Å². The number of carbonyl (C=O) groups is 1. The molecule has 0 aliphatic heterocycles. The second-order valence-electron chi connectivity index (χ2n) is 2.67. The molecule has 14 heavy (non-hydrogen) atoms. The highest BCUT2D eigenvalue weighted by atomic mass is 35.5. The number of halogens is 1. The van der Waals surface area contributed by atoms with E-state index in [1.807, 2.05) is 0 Å². The van der Waals surface area contributed by atoms with Crippen molar-refractivity contribution in [2.75, 3.05) is 7.05 Å². The van der Waals surface area contributed by atoms with Gasteiger partial charge in [-0.3, -0.25) is 14.2 Å². The van der Waals surface area contributed by atoms with Crippen LogP contribution in [0.5, 0.6) is 0 Å². The topological polar surface area (TPSA) is 64.0 Å². The molecule has 0 radical (unpaired) electrons. The summed E-state index contributed by atoms with van der Waals surface area (Å²) in [7, 11) is 1.55. The van der Waals surface area contributed by atoms with Crippen molar-refractivity contribution in [2.24, 2.45) is 0 Å². The number of rotatable bonds is 3. The highest BCUT2D eigenvalue weighted by Crippen LogP contribution is 1.96. The van der Waals surface area contributed by atoms with E-state index in [9.17, 15) is 9.59 Å². The van der Waals surface area contributed by atoms with Gasteiger partial charge < -0.3 is 5.32 Å². The van der Waals surface area contributed by atoms with Crippen molar-refractivity contribution in [3.8, 4) is 0 Å². The standard InChI is InChI=1S/C8H10ClN3O2/c1-10-7(13)2-3-12-5-11-6(9)4-8(12)14/h4-5H,2-3H2,1H3,(H,10,13). The molecule has 0 fully saturated rings. The van der Waals surface area contributed by atoms with E-state index in [0.717, 1.165) is 0 Å². The molecule has 1 amide bonds. The Morgan fingerprint density at radius 1 is 1.71 bits per heavy atom. The van der Waals surface area contributed by atoms with Gasteiger partial charge in [-0.25, -0.2) is 4.98 Å². The van der Waals surface area contributed by atoms with Crippen molar-refractivity contribution in [3.63, 3.8) is 0 Å². The summed E-state index contributed by atoms with van der Waals surface area (Å²) < 4.78 is 1.33. The summed E-state index contributed by atoms with van der Waals surface area (Å²) >= 11 is 5.50. The fourth-order valence-corrected chi connectivity index (χ4v) is 1.06. The molecule has 0 bridgehead atoms. The van der Waals surface area contributed by atoms with Crippen LogP contribution < -0.4 is 10.9 Å². The summed E-state index contributed by atoms with van der Waals surface area (Å²) in [6, 6.07) is 1.21. The quantitative estimate of drug-likeness (QED) is 0.724. The predicted octanol–water partition coefficient (Wildman–Crippen LogP) is 0.0328. The van der Waals surface area contributed by atoms with Crippen molar-refractivity contribution in [2.45, 2.75) is 13.0 Å². The average molecular weight is 216 g/mol. The lowest BCUT2D eigenvalue weighted by Gasteiger charge is -2.03. The van der Waals surface area contributed by atoms with Crippen molar-refractivity contribution in [3.05, 3.63) is 27.9 Å². The smallest absolute Gasteiger partial charge is 0.254 e. The minimum Gasteiger partial charge on any atom is -0.359 e. The molecule has 0 aliphatic rings. The molecule has 6 heteroatoms. The molecular weight excluding hydrogens is 206 g/mol. The van der Waals surface area contributed by atoms with Gasteiger partial charge in [0.1, 0.15) is 5.15 Å². The monoisotopic (exact) mass is 215 g/mol. The Hall–Kier alpha value is -1.36. The lowest BCUT2D eigenvalue weighted by atomic mass is 10.4. The average Bonchev–Trinajstić information content (AvgIpc) is 2.16. The lowest BCUT2D eigenvalue weighted by Crippen LogP contribution is -2.24. The Kier molecular flexibility index (Phi) is 3.64. The molecule has 0 aromatic carbocycles. The molecule has 0 atom stereocenters. The normalized spacial score (nSPS) is 9.86. The number of aromatic nitrogens is 2. The first-order valence-corrected chi connectivity index (χ1v) is 4.44. The molecule has 76 valence electrons. The number of hydrogen-bond donors (Lipinski definition) is 1. The molecule has 0 spiro atoms. The van der Waals surface area contributed by atoms with Crippen LogP contribution in [0, 0.1) is 0 Å². The van der Waals surface area contributed by atoms with Gasteiger partial charge in [-0.2, -0.15) is 0 Å². The van der Waals surface area contributed by atoms with E-state index < -0.39 is 0 Å². The predicted molar refractivity (Wildman–Crippen MR) is 52.2 cm³/mol. The summed E-state index contributed by atoms with van der Waals surface area (Å²) in [5, 5.41) is 2.62. The van der Waals surface area contributed by atoms with Crippen LogP contribution >= 0.6 is 11.6 Å². The first-order valence-electron chi connectivity index (χ1n) is 4.06. The van der Waals surface area contributed by atoms with Crippen LogP contribution in [0.25, 0.3) is 0 Å². The Morgan fingerprint density at radius 2 is 2.43 bits per heavy atom. The summed E-state index contributed by atoms with van der Waals surface area (Å²) in [4.78, 5) is 25.9. The second-order valence-corrected chi connectivity index (χ2v) is 3.05. The van der Waals surface area contributed by atoms with Gasteiger partial charge in [0.25, 0.3) is 5.56 Å². The third-order valence-corrected chi connectivity index (χ3v) is 1.91. The zero-order chi connectivity index (χ0) is 10.6. The number of amides is 1. The summed E-state index contributed by atoms with van der Waals surface area (Å²) in [5.41, 5.74) is -0.256. The fourth-order valence-electron chi connectivity index (χ4n) is 0.919. The lowest BCUT2D eigenvalue weighted by molar-refractivity contribution is -0.120. The van der Waals surface area contributed by atoms with Crippen LogP contribution in [-0.4, -0.2) is 22.5 Å². The van der Waals surface area contributed by atoms with Crippen LogP contribution in [0.2, 0.25) is 5.15 Å². The van der Waals surface area contributed by atoms with Gasteiger partial charge in [0, 0.05) is 26.1 Å². The molecule has 1 aromatic heterocycles. The van der Waals surface area contributed by atoms with Crippen LogP contribution in [0.4, 0.5) is 0 Å². The maximum absolute atomic E-state index is 11.2. The molecule has 1 N–H and O–H groups in total. The van der Waals surface area contributed by atoms with E-state index in [4.69, 9.17) is 11.6 Å². The van der Waals surface area contributed by atoms with Gasteiger partial charge in [-0.1, -0.05) is 11.6 Å². The summed E-state index contributed by atoms with van der Waals surface area (Å²) in [6.45, 7) is 0.308. The van der Waals surface area contributed by atoms with Gasteiger partial charge in [0.05, 0.1) is 6.33 Å². The molecule has 0 aliphatic carbocycles. The van der Waals surface area contributed by atoms with Gasteiger partial charge in [-0.15, -0.1) is 0 Å². The van der Waals surface area contributed by atoms with Gasteiger partial charge in [0.2, 0.25) is 5.91 Å². The minimum absolute atomic E-state index is 0.119. The number of nitrogens with zero attached hydrogens (tertiary/aromatic N) is 2. The van der Waals surface area contributed by atoms with Crippen molar-refractivity contribution in [1.82, 2.24) is 14.9 Å². The van der Waals surface area contributed by atoms with Crippen LogP contribution in [0.1, 0.15) is 6.42 Å². The largest absolute Gasteiger partial charge is 0.359 e. The number of nitrogens with one attached hydrogen (secondary N) is 1. The van der Waals surface area contributed by atoms with Crippen molar-refractivity contribution in [1.29, 1.82) is 0 Å². The molecule has 0 unspecified atom stereocenters. The van der Waals surface area contributed by atoms with E-state index in [-0.39, 0.29) is 23.0 Å². The molecule has 5 nitrogen and oxygen atoms in total. The number of carbonyl (C=O) groups excluding carboxylic acids is 1. The maximum Gasteiger partial charge on any atom is 0.254 e. The SMILES string of the molecule is CNC(=O)CCn1cnc(Cl)cc1=O. The summed E-state index contributed by atoms with van der Waals surface area (Å²) in [5.74, 6) is -0.119. The van der Waals surface area contributed by atoms with E-state index in [2.05, 4.69) is 10.3 Å². The highest BCUT2D eigenvalue weighted by molar-refractivity contribution is 6.29. The van der Waals surface area contributed by atoms with Gasteiger partial charge >= 0.3 is 0 Å². The fraction of sp³-hybridized carbons (Fsp3) is 0.375. The summed E-state index contributed by atoms with van der Waals surface area (Å²) in [6.07, 6.45) is 1.58. The molecule has 1 rings (SSSR count). The zero-order valence-corrected chi connectivity index (χ0v) is 8.41. The molecule has 1 heterocycles. The van der Waals surface area contributed by atoms with Crippen molar-refractivity contribution < 1.29 is 4.79 Å². The van der Waals surface area contributed by atoms with Crippen molar-refractivity contribution >= 4 is 17.5 Å². The van der Waals surface area contributed by atoms with Crippen LogP contribution in [0.15, 0.2) is 17.2 Å². The van der Waals surface area contributed by atoms with Gasteiger partial charge in [-0.05, 0) is 0 Å². The Morgan fingerprint density at radius 3 is 3.00 bits per heavy atom. The Balaban J connectivity index is 2.68. The van der Waals surface area contributed by atoms with E-state index >= 15 is 0 Å². The Labute approximate surface area is 85.7 Å². The third-order valence-electron chi connectivity index (χ3n) is 1.70. The molecular formula is C8H10ClN3O2.